The van der Waals surface area contributed by atoms with Crippen molar-refractivity contribution in [3.8, 4) is 18.1 Å². The Morgan fingerprint density at radius 3 is 2.68 bits per heavy atom. The van der Waals surface area contributed by atoms with Crippen molar-refractivity contribution in [2.24, 2.45) is 0 Å². The third-order valence-corrected chi connectivity index (χ3v) is 2.79. The number of aliphatic hydroxyl groups excluding tert-OH is 1. The summed E-state index contributed by atoms with van der Waals surface area (Å²) in [5.41, 5.74) is 0.785. The zero-order valence-electron chi connectivity index (χ0n) is 11.1. The van der Waals surface area contributed by atoms with Gasteiger partial charge in [0.15, 0.2) is 0 Å². The molecule has 1 aromatic carbocycles. The summed E-state index contributed by atoms with van der Waals surface area (Å²) in [4.78, 5) is 0. The molecule has 4 heteroatoms. The van der Waals surface area contributed by atoms with E-state index in [2.05, 4.69) is 11.2 Å². The van der Waals surface area contributed by atoms with Gasteiger partial charge in [-0.1, -0.05) is 18.1 Å². The van der Waals surface area contributed by atoms with Crippen LogP contribution in [-0.4, -0.2) is 31.0 Å². The van der Waals surface area contributed by atoms with Crippen LogP contribution in [0.4, 0.5) is 4.39 Å². The van der Waals surface area contributed by atoms with Gasteiger partial charge in [-0.15, -0.1) is 6.42 Å². The number of halogens is 1. The van der Waals surface area contributed by atoms with Crippen molar-refractivity contribution in [1.29, 1.82) is 0 Å². The van der Waals surface area contributed by atoms with Gasteiger partial charge in [0.2, 0.25) is 0 Å². The van der Waals surface area contributed by atoms with E-state index in [0.717, 1.165) is 5.56 Å². The first-order valence-electron chi connectivity index (χ1n) is 6.32. The molecule has 0 saturated heterocycles. The number of terminal acetylenes is 1. The first-order valence-corrected chi connectivity index (χ1v) is 6.32. The molecule has 19 heavy (non-hydrogen) atoms. The van der Waals surface area contributed by atoms with Crippen LogP contribution in [0.15, 0.2) is 24.3 Å². The smallest absolute Gasteiger partial charge is 0.148 e. The van der Waals surface area contributed by atoms with Gasteiger partial charge in [-0.2, -0.15) is 0 Å². The zero-order valence-corrected chi connectivity index (χ0v) is 11.1. The van der Waals surface area contributed by atoms with Crippen LogP contribution in [0.2, 0.25) is 0 Å². The Kier molecular flexibility index (Phi) is 6.94. The predicted octanol–water partition coefficient (Wildman–Crippen LogP) is 2.07. The summed E-state index contributed by atoms with van der Waals surface area (Å²) < 4.78 is 17.2. The summed E-state index contributed by atoms with van der Waals surface area (Å²) in [6, 6.07) is 6.99. The number of ether oxygens (including phenoxy) is 1. The highest BCUT2D eigenvalue weighted by Crippen LogP contribution is 2.20. The van der Waals surface area contributed by atoms with Gasteiger partial charge >= 0.3 is 0 Å². The average molecular weight is 265 g/mol. The number of aliphatic hydroxyl groups is 1. The van der Waals surface area contributed by atoms with Gasteiger partial charge in [0.1, 0.15) is 12.4 Å². The summed E-state index contributed by atoms with van der Waals surface area (Å²) in [5.74, 6) is 3.06. The second kappa shape index (κ2) is 8.52. The third-order valence-electron chi connectivity index (χ3n) is 2.79. The van der Waals surface area contributed by atoms with E-state index in [1.165, 1.54) is 0 Å². The van der Waals surface area contributed by atoms with Crippen molar-refractivity contribution < 1.29 is 14.2 Å². The van der Waals surface area contributed by atoms with E-state index in [1.807, 2.05) is 6.92 Å². The quantitative estimate of drug-likeness (QED) is 0.558. The van der Waals surface area contributed by atoms with Crippen molar-refractivity contribution in [3.63, 3.8) is 0 Å². The third kappa shape index (κ3) is 5.29. The zero-order chi connectivity index (χ0) is 14.1. The molecule has 0 saturated carbocycles. The van der Waals surface area contributed by atoms with Gasteiger partial charge in [-0.05, 0) is 37.6 Å². The maximum atomic E-state index is 12.0. The maximum absolute atomic E-state index is 12.0. The minimum absolute atomic E-state index is 0.135. The summed E-state index contributed by atoms with van der Waals surface area (Å²) in [6.45, 7) is 2.30. The van der Waals surface area contributed by atoms with Crippen LogP contribution < -0.4 is 10.1 Å². The van der Waals surface area contributed by atoms with Gasteiger partial charge in [0.05, 0.1) is 12.8 Å². The van der Waals surface area contributed by atoms with E-state index in [9.17, 15) is 9.50 Å². The first-order chi connectivity index (χ1) is 9.19. The van der Waals surface area contributed by atoms with Gasteiger partial charge in [-0.25, -0.2) is 0 Å². The molecule has 1 rings (SSSR count). The Hall–Kier alpha value is -1.57. The molecule has 3 nitrogen and oxygen atoms in total. The van der Waals surface area contributed by atoms with Crippen molar-refractivity contribution in [3.05, 3.63) is 29.8 Å². The Labute approximate surface area is 113 Å². The molecular weight excluding hydrogens is 245 g/mol. The topological polar surface area (TPSA) is 41.5 Å². The number of alkyl halides is 1. The Morgan fingerprint density at radius 1 is 1.42 bits per heavy atom. The van der Waals surface area contributed by atoms with E-state index < -0.39 is 6.10 Å². The van der Waals surface area contributed by atoms with E-state index >= 15 is 0 Å². The van der Waals surface area contributed by atoms with Crippen molar-refractivity contribution in [1.82, 2.24) is 5.32 Å². The lowest BCUT2D eigenvalue weighted by Gasteiger charge is -2.20. The summed E-state index contributed by atoms with van der Waals surface area (Å²) >= 11 is 0. The first kappa shape index (κ1) is 15.5. The molecule has 0 aromatic heterocycles. The molecule has 0 aliphatic rings. The Morgan fingerprint density at radius 2 is 2.11 bits per heavy atom. The normalized spacial score (nSPS) is 13.6. The SMILES string of the molecule is C#CCOc1ccc(C(O)C(C)NCCCF)cc1. The number of hydrogen-bond donors (Lipinski definition) is 2. The predicted molar refractivity (Wildman–Crippen MR) is 73.8 cm³/mol. The van der Waals surface area contributed by atoms with Crippen molar-refractivity contribution >= 4 is 0 Å². The Balaban J connectivity index is 2.52. The average Bonchev–Trinajstić information content (AvgIpc) is 2.45. The van der Waals surface area contributed by atoms with E-state index in [4.69, 9.17) is 11.2 Å². The number of rotatable bonds is 8. The Bertz CT molecular complexity index is 400. The van der Waals surface area contributed by atoms with Crippen molar-refractivity contribution in [2.45, 2.75) is 25.5 Å². The molecule has 0 spiro atoms. The van der Waals surface area contributed by atoms with Gasteiger partial charge in [-0.3, -0.25) is 4.39 Å². The molecule has 104 valence electrons. The molecule has 0 radical (unpaired) electrons. The van der Waals surface area contributed by atoms with Crippen LogP contribution in [-0.2, 0) is 0 Å². The lowest BCUT2D eigenvalue weighted by molar-refractivity contribution is 0.135. The molecule has 0 aliphatic heterocycles. The number of benzene rings is 1. The highest BCUT2D eigenvalue weighted by Gasteiger charge is 2.15. The molecule has 0 bridgehead atoms. The minimum Gasteiger partial charge on any atom is -0.481 e. The summed E-state index contributed by atoms with van der Waals surface area (Å²) in [7, 11) is 0. The number of nitrogens with one attached hydrogen (secondary N) is 1. The fourth-order valence-electron chi connectivity index (χ4n) is 1.68. The van der Waals surface area contributed by atoms with Gasteiger partial charge < -0.3 is 15.2 Å². The van der Waals surface area contributed by atoms with Gasteiger partial charge in [0, 0.05) is 6.04 Å². The van der Waals surface area contributed by atoms with Crippen molar-refractivity contribution in [2.75, 3.05) is 19.8 Å². The monoisotopic (exact) mass is 265 g/mol. The van der Waals surface area contributed by atoms with E-state index in [0.29, 0.717) is 18.7 Å². The minimum atomic E-state index is -0.638. The molecular formula is C15H20FNO2. The fourth-order valence-corrected chi connectivity index (χ4v) is 1.68. The highest BCUT2D eigenvalue weighted by atomic mass is 19.1. The molecule has 2 unspecified atom stereocenters. The molecule has 0 aliphatic carbocycles. The van der Waals surface area contributed by atoms with E-state index in [-0.39, 0.29) is 19.3 Å². The number of hydrogen-bond acceptors (Lipinski definition) is 3. The van der Waals surface area contributed by atoms with Crippen LogP contribution in [0.5, 0.6) is 5.75 Å². The molecule has 0 amide bonds. The van der Waals surface area contributed by atoms with Crippen LogP contribution in [0, 0.1) is 12.3 Å². The molecule has 0 heterocycles. The van der Waals surface area contributed by atoms with Crippen LogP contribution >= 0.6 is 0 Å². The summed E-state index contributed by atoms with van der Waals surface area (Å²) in [5, 5.41) is 13.2. The van der Waals surface area contributed by atoms with Crippen LogP contribution in [0.3, 0.4) is 0 Å². The largest absolute Gasteiger partial charge is 0.481 e. The second-order valence-electron chi connectivity index (χ2n) is 4.29. The molecule has 2 N–H and O–H groups in total. The van der Waals surface area contributed by atoms with Crippen LogP contribution in [0.1, 0.15) is 25.0 Å². The lowest BCUT2D eigenvalue weighted by Crippen LogP contribution is -2.33. The molecule has 0 fully saturated rings. The highest BCUT2D eigenvalue weighted by molar-refractivity contribution is 5.29. The second-order valence-corrected chi connectivity index (χ2v) is 4.29. The van der Waals surface area contributed by atoms with Crippen LogP contribution in [0.25, 0.3) is 0 Å². The standard InChI is InChI=1S/C15H20FNO2/c1-3-11-19-14-7-5-13(6-8-14)15(18)12(2)17-10-4-9-16/h1,5-8,12,15,17-18H,4,9-11H2,2H3. The van der Waals surface area contributed by atoms with Gasteiger partial charge in [0.25, 0.3) is 0 Å². The van der Waals surface area contributed by atoms with E-state index in [1.54, 1.807) is 24.3 Å². The molecule has 1 aromatic rings. The lowest BCUT2D eigenvalue weighted by atomic mass is 10.0. The molecule has 2 atom stereocenters. The summed E-state index contributed by atoms with van der Waals surface area (Å²) in [6.07, 6.45) is 4.92. The maximum Gasteiger partial charge on any atom is 0.148 e. The fraction of sp³-hybridized carbons (Fsp3) is 0.467.